The number of carbonyl (C=O) groups excluding carboxylic acids is 1. The molecule has 2 aromatic rings. The first-order valence-electron chi connectivity index (χ1n) is 9.11. The highest BCUT2D eigenvalue weighted by Crippen LogP contribution is 2.42. The summed E-state index contributed by atoms with van der Waals surface area (Å²) in [4.78, 5) is 27.6. The molecule has 8 nitrogen and oxygen atoms in total. The van der Waals surface area contributed by atoms with Crippen molar-refractivity contribution in [2.24, 2.45) is 5.92 Å². The lowest BCUT2D eigenvalue weighted by Gasteiger charge is -2.40. The first-order chi connectivity index (χ1) is 13.0. The fraction of sp³-hybridized carbons (Fsp3) is 0.421. The largest absolute Gasteiger partial charge is 0.465 e. The molecule has 4 rings (SSSR count). The van der Waals surface area contributed by atoms with Crippen molar-refractivity contribution in [1.82, 2.24) is 9.78 Å². The van der Waals surface area contributed by atoms with Crippen LogP contribution in [0, 0.1) is 5.92 Å². The maximum absolute atomic E-state index is 12.8. The van der Waals surface area contributed by atoms with Crippen molar-refractivity contribution in [2.75, 3.05) is 23.0 Å². The molecule has 1 saturated carbocycles. The van der Waals surface area contributed by atoms with E-state index >= 15 is 0 Å². The Morgan fingerprint density at radius 1 is 1.22 bits per heavy atom. The number of hydrogen-bond donors (Lipinski definition) is 2. The summed E-state index contributed by atoms with van der Waals surface area (Å²) in [5.74, 6) is 0.144. The van der Waals surface area contributed by atoms with E-state index in [4.69, 9.17) is 5.11 Å². The molecule has 0 bridgehead atoms. The zero-order valence-corrected chi connectivity index (χ0v) is 15.1. The number of aliphatic hydroxyl groups is 1. The van der Waals surface area contributed by atoms with Crippen molar-refractivity contribution in [3.05, 3.63) is 30.6 Å². The van der Waals surface area contributed by atoms with Crippen LogP contribution in [0.3, 0.4) is 0 Å². The molecular weight excluding hydrogens is 348 g/mol. The monoisotopic (exact) mass is 370 g/mol. The van der Waals surface area contributed by atoms with E-state index in [2.05, 4.69) is 5.10 Å². The van der Waals surface area contributed by atoms with E-state index in [0.717, 1.165) is 24.0 Å². The molecule has 0 spiro atoms. The molecule has 142 valence electrons. The maximum Gasteiger partial charge on any atom is 0.411 e. The number of benzene rings is 1. The minimum absolute atomic E-state index is 0.00573. The van der Waals surface area contributed by atoms with E-state index in [1.807, 2.05) is 25.3 Å². The Morgan fingerprint density at radius 2 is 2.00 bits per heavy atom. The third kappa shape index (κ3) is 3.16. The number of rotatable bonds is 4. The second-order valence-corrected chi connectivity index (χ2v) is 7.14. The molecule has 1 aliphatic heterocycles. The van der Waals surface area contributed by atoms with Gasteiger partial charge in [0.1, 0.15) is 0 Å². The summed E-state index contributed by atoms with van der Waals surface area (Å²) in [7, 11) is 0. The minimum Gasteiger partial charge on any atom is -0.465 e. The van der Waals surface area contributed by atoms with Gasteiger partial charge in [0.15, 0.2) is 0 Å². The van der Waals surface area contributed by atoms with E-state index in [-0.39, 0.29) is 31.0 Å². The van der Waals surface area contributed by atoms with Gasteiger partial charge in [-0.3, -0.25) is 14.4 Å². The van der Waals surface area contributed by atoms with Gasteiger partial charge in [0, 0.05) is 24.2 Å². The lowest BCUT2D eigenvalue weighted by Crippen LogP contribution is -2.52. The van der Waals surface area contributed by atoms with Gasteiger partial charge >= 0.3 is 6.09 Å². The molecule has 8 heteroatoms. The molecule has 2 heterocycles. The zero-order chi connectivity index (χ0) is 19.1. The highest BCUT2D eigenvalue weighted by molar-refractivity contribution is 6.04. The number of hydrogen-bond acceptors (Lipinski definition) is 4. The molecule has 2 aliphatic rings. The second-order valence-electron chi connectivity index (χ2n) is 7.14. The third-order valence-corrected chi connectivity index (χ3v) is 5.10. The summed E-state index contributed by atoms with van der Waals surface area (Å²) >= 11 is 0. The molecule has 0 radical (unpaired) electrons. The summed E-state index contributed by atoms with van der Waals surface area (Å²) in [5.41, 5.74) is 2.80. The summed E-state index contributed by atoms with van der Waals surface area (Å²) in [5, 5.41) is 22.9. The predicted molar refractivity (Wildman–Crippen MR) is 99.8 cm³/mol. The van der Waals surface area contributed by atoms with Gasteiger partial charge in [-0.15, -0.1) is 0 Å². The average Bonchev–Trinajstić information content (AvgIpc) is 3.40. The molecule has 1 aromatic heterocycles. The molecule has 0 saturated heterocycles. The fourth-order valence-corrected chi connectivity index (χ4v) is 3.59. The molecule has 27 heavy (non-hydrogen) atoms. The van der Waals surface area contributed by atoms with Crippen LogP contribution in [-0.2, 0) is 11.3 Å². The van der Waals surface area contributed by atoms with Crippen molar-refractivity contribution in [3.63, 3.8) is 0 Å². The van der Waals surface area contributed by atoms with Crippen molar-refractivity contribution in [1.29, 1.82) is 0 Å². The van der Waals surface area contributed by atoms with Crippen LogP contribution in [0.5, 0.6) is 0 Å². The summed E-state index contributed by atoms with van der Waals surface area (Å²) < 4.78 is 1.63. The van der Waals surface area contributed by atoms with Gasteiger partial charge in [0.05, 0.1) is 36.8 Å². The van der Waals surface area contributed by atoms with Crippen LogP contribution >= 0.6 is 0 Å². The van der Waals surface area contributed by atoms with E-state index < -0.39 is 6.09 Å². The topological polar surface area (TPSA) is 98.9 Å². The van der Waals surface area contributed by atoms with Gasteiger partial charge in [-0.05, 0) is 37.5 Å². The number of aromatic nitrogens is 2. The van der Waals surface area contributed by atoms with Crippen molar-refractivity contribution in [2.45, 2.75) is 32.4 Å². The molecule has 1 atom stereocenters. The van der Waals surface area contributed by atoms with Gasteiger partial charge in [0.25, 0.3) is 0 Å². The normalized spacial score (nSPS) is 19.1. The van der Waals surface area contributed by atoms with E-state index in [1.165, 1.54) is 4.90 Å². The molecule has 1 aliphatic carbocycles. The molecule has 2 N–H and O–H groups in total. The molecule has 1 aromatic carbocycles. The van der Waals surface area contributed by atoms with Crippen LogP contribution in [-0.4, -0.2) is 51.2 Å². The van der Waals surface area contributed by atoms with E-state index in [9.17, 15) is 14.7 Å². The smallest absolute Gasteiger partial charge is 0.411 e. The number of fused-ring (bicyclic) bond motifs is 1. The van der Waals surface area contributed by atoms with Gasteiger partial charge < -0.3 is 15.1 Å². The minimum atomic E-state index is -1.03. The Kier molecular flexibility index (Phi) is 4.35. The SMILES string of the molecule is C[C@H]1CN(C(=O)O)c2cc(-c3cnn(CCO)c3)ccc2N1C(=O)C1CC1. The Hall–Kier alpha value is -2.87. The Labute approximate surface area is 156 Å². The van der Waals surface area contributed by atoms with E-state index in [0.29, 0.717) is 17.9 Å². The zero-order valence-electron chi connectivity index (χ0n) is 15.1. The molecule has 2 amide bonds. The first-order valence-corrected chi connectivity index (χ1v) is 9.11. The number of aliphatic hydroxyl groups excluding tert-OH is 1. The Morgan fingerprint density at radius 3 is 2.67 bits per heavy atom. The number of carboxylic acid groups (broad SMARTS) is 1. The van der Waals surface area contributed by atoms with Crippen LogP contribution < -0.4 is 9.80 Å². The quantitative estimate of drug-likeness (QED) is 0.859. The number of amides is 2. The first kappa shape index (κ1) is 17.5. The third-order valence-electron chi connectivity index (χ3n) is 5.10. The summed E-state index contributed by atoms with van der Waals surface area (Å²) in [6.45, 7) is 2.52. The van der Waals surface area contributed by atoms with Crippen molar-refractivity contribution in [3.8, 4) is 11.1 Å². The Bertz CT molecular complexity index is 890. The number of anilines is 2. The summed E-state index contributed by atoms with van der Waals surface area (Å²) in [6.07, 6.45) is 4.27. The maximum atomic E-state index is 12.8. The average molecular weight is 370 g/mol. The van der Waals surface area contributed by atoms with Crippen molar-refractivity contribution < 1.29 is 19.8 Å². The predicted octanol–water partition coefficient (Wildman–Crippen LogP) is 2.17. The summed E-state index contributed by atoms with van der Waals surface area (Å²) in [6, 6.07) is 5.28. The standard InChI is InChI=1S/C19H22N4O4/c1-12-10-22(19(26)27)17-8-14(15-9-20-21(11-15)6-7-24)4-5-16(17)23(12)18(25)13-2-3-13/h4-5,8-9,11-13,24H,2-3,6-7,10H2,1H3,(H,26,27)/t12-/m0/s1. The van der Waals surface area contributed by atoms with Crippen LogP contribution in [0.15, 0.2) is 30.6 Å². The van der Waals surface area contributed by atoms with E-state index in [1.54, 1.807) is 21.8 Å². The van der Waals surface area contributed by atoms with Gasteiger partial charge in [-0.1, -0.05) is 6.07 Å². The molecule has 1 fully saturated rings. The fourth-order valence-electron chi connectivity index (χ4n) is 3.59. The molecular formula is C19H22N4O4. The van der Waals surface area contributed by atoms with Gasteiger partial charge in [-0.25, -0.2) is 4.79 Å². The van der Waals surface area contributed by atoms with Crippen LogP contribution in [0.2, 0.25) is 0 Å². The van der Waals surface area contributed by atoms with Crippen LogP contribution in [0.1, 0.15) is 19.8 Å². The van der Waals surface area contributed by atoms with Gasteiger partial charge in [0.2, 0.25) is 5.91 Å². The van der Waals surface area contributed by atoms with Crippen LogP contribution in [0.4, 0.5) is 16.2 Å². The van der Waals surface area contributed by atoms with Crippen LogP contribution in [0.25, 0.3) is 11.1 Å². The Balaban J connectivity index is 1.75. The van der Waals surface area contributed by atoms with Gasteiger partial charge in [-0.2, -0.15) is 5.10 Å². The molecule has 0 unspecified atom stereocenters. The highest BCUT2D eigenvalue weighted by atomic mass is 16.4. The van der Waals surface area contributed by atoms with Crippen molar-refractivity contribution >= 4 is 23.4 Å². The lowest BCUT2D eigenvalue weighted by atomic mass is 10.0. The highest BCUT2D eigenvalue weighted by Gasteiger charge is 2.41. The number of carbonyl (C=O) groups is 2. The number of nitrogens with zero attached hydrogens (tertiary/aromatic N) is 4. The lowest BCUT2D eigenvalue weighted by molar-refractivity contribution is -0.120. The second kappa shape index (κ2) is 6.70.